The van der Waals surface area contributed by atoms with Crippen molar-refractivity contribution in [1.29, 1.82) is 0 Å². The second-order valence-electron chi connectivity index (χ2n) is 4.25. The van der Waals surface area contributed by atoms with Crippen molar-refractivity contribution in [2.75, 3.05) is 5.32 Å². The molecule has 4 nitrogen and oxygen atoms in total. The Morgan fingerprint density at radius 1 is 1.33 bits per heavy atom. The van der Waals surface area contributed by atoms with Crippen LogP contribution < -0.4 is 5.32 Å². The van der Waals surface area contributed by atoms with Crippen LogP contribution in [0.4, 0.5) is 5.95 Å². The summed E-state index contributed by atoms with van der Waals surface area (Å²) < 4.78 is 0. The van der Waals surface area contributed by atoms with Crippen LogP contribution in [0.1, 0.15) is 41.7 Å². The molecular weight excluding hydrogens is 190 g/mol. The molecule has 1 aromatic heterocycles. The number of Topliss-reactive ketones (excluding diaryl/α,β-unsaturated/α-hetero) is 1. The lowest BCUT2D eigenvalue weighted by Gasteiger charge is -2.13. The molecule has 2 aliphatic rings. The Hall–Kier alpha value is -1.45. The summed E-state index contributed by atoms with van der Waals surface area (Å²) in [5.74, 6) is 0.875. The van der Waals surface area contributed by atoms with Crippen LogP contribution in [0, 0.1) is 0 Å². The van der Waals surface area contributed by atoms with Gasteiger partial charge in [0.05, 0.1) is 11.3 Å². The molecule has 1 fully saturated rings. The largest absolute Gasteiger partial charge is 0.351 e. The van der Waals surface area contributed by atoms with Crippen LogP contribution in [0.5, 0.6) is 0 Å². The SMILES string of the molecule is O=C1CCCc2nc(NC3CC3)ncc21. The van der Waals surface area contributed by atoms with Gasteiger partial charge in [0.1, 0.15) is 0 Å². The maximum atomic E-state index is 11.5. The molecule has 0 radical (unpaired) electrons. The quantitative estimate of drug-likeness (QED) is 0.792. The maximum Gasteiger partial charge on any atom is 0.223 e. The third kappa shape index (κ3) is 1.71. The molecule has 0 aromatic carbocycles. The highest BCUT2D eigenvalue weighted by molar-refractivity contribution is 5.97. The van der Waals surface area contributed by atoms with E-state index in [0.717, 1.165) is 24.1 Å². The molecule has 0 spiro atoms. The number of hydrogen-bond acceptors (Lipinski definition) is 4. The van der Waals surface area contributed by atoms with Crippen LogP contribution in [-0.2, 0) is 6.42 Å². The smallest absolute Gasteiger partial charge is 0.223 e. The van der Waals surface area contributed by atoms with Crippen molar-refractivity contribution in [1.82, 2.24) is 9.97 Å². The molecule has 1 aromatic rings. The first-order valence-corrected chi connectivity index (χ1v) is 5.48. The van der Waals surface area contributed by atoms with Crippen molar-refractivity contribution in [2.45, 2.75) is 38.1 Å². The van der Waals surface area contributed by atoms with Crippen LogP contribution in [-0.4, -0.2) is 21.8 Å². The van der Waals surface area contributed by atoms with Crippen LogP contribution in [0.3, 0.4) is 0 Å². The zero-order valence-electron chi connectivity index (χ0n) is 8.49. The Balaban J connectivity index is 1.90. The minimum atomic E-state index is 0.189. The van der Waals surface area contributed by atoms with E-state index in [9.17, 15) is 4.79 Å². The van der Waals surface area contributed by atoms with E-state index in [4.69, 9.17) is 0 Å². The Morgan fingerprint density at radius 2 is 2.20 bits per heavy atom. The van der Waals surface area contributed by atoms with Crippen molar-refractivity contribution >= 4 is 11.7 Å². The minimum absolute atomic E-state index is 0.189. The van der Waals surface area contributed by atoms with E-state index >= 15 is 0 Å². The summed E-state index contributed by atoms with van der Waals surface area (Å²) in [6.07, 6.45) is 6.56. The molecule has 0 unspecified atom stereocenters. The first kappa shape index (κ1) is 8.83. The van der Waals surface area contributed by atoms with E-state index in [1.807, 2.05) is 0 Å². The molecule has 15 heavy (non-hydrogen) atoms. The summed E-state index contributed by atoms with van der Waals surface area (Å²) in [4.78, 5) is 20.1. The molecule has 0 saturated heterocycles. The molecule has 0 bridgehead atoms. The predicted molar refractivity (Wildman–Crippen MR) is 55.9 cm³/mol. The van der Waals surface area contributed by atoms with E-state index in [1.165, 1.54) is 12.8 Å². The molecule has 3 rings (SSSR count). The van der Waals surface area contributed by atoms with E-state index in [2.05, 4.69) is 15.3 Å². The highest BCUT2D eigenvalue weighted by Gasteiger charge is 2.24. The van der Waals surface area contributed by atoms with Gasteiger partial charge in [0, 0.05) is 18.7 Å². The first-order valence-electron chi connectivity index (χ1n) is 5.48. The number of fused-ring (bicyclic) bond motifs is 1. The average Bonchev–Trinajstić information content (AvgIpc) is 3.02. The van der Waals surface area contributed by atoms with Crippen molar-refractivity contribution in [3.05, 3.63) is 17.5 Å². The number of nitrogens with one attached hydrogen (secondary N) is 1. The monoisotopic (exact) mass is 203 g/mol. The van der Waals surface area contributed by atoms with Gasteiger partial charge < -0.3 is 5.32 Å². The Morgan fingerprint density at radius 3 is 3.00 bits per heavy atom. The van der Waals surface area contributed by atoms with Gasteiger partial charge in [-0.3, -0.25) is 4.79 Å². The maximum absolute atomic E-state index is 11.5. The summed E-state index contributed by atoms with van der Waals surface area (Å²) in [6.45, 7) is 0. The Labute approximate surface area is 88.1 Å². The van der Waals surface area contributed by atoms with Crippen LogP contribution >= 0.6 is 0 Å². The number of hydrogen-bond donors (Lipinski definition) is 1. The predicted octanol–water partition coefficient (Wildman–Crippen LogP) is 1.57. The standard InChI is InChI=1S/C11H13N3O/c15-10-3-1-2-9-8(10)6-12-11(14-9)13-7-4-5-7/h6-7H,1-5H2,(H,12,13,14). The number of nitrogens with zero attached hydrogens (tertiary/aromatic N) is 2. The van der Waals surface area contributed by atoms with Crippen LogP contribution in [0.15, 0.2) is 6.20 Å². The van der Waals surface area contributed by atoms with Crippen LogP contribution in [0.2, 0.25) is 0 Å². The number of carbonyl (C=O) groups is 1. The van der Waals surface area contributed by atoms with Gasteiger partial charge in [-0.25, -0.2) is 9.97 Å². The molecule has 1 saturated carbocycles. The highest BCUT2D eigenvalue weighted by Crippen LogP contribution is 2.24. The second kappa shape index (κ2) is 3.29. The second-order valence-corrected chi connectivity index (χ2v) is 4.25. The van der Waals surface area contributed by atoms with Gasteiger partial charge >= 0.3 is 0 Å². The van der Waals surface area contributed by atoms with E-state index in [1.54, 1.807) is 6.20 Å². The van der Waals surface area contributed by atoms with Crippen molar-refractivity contribution in [3.63, 3.8) is 0 Å². The van der Waals surface area contributed by atoms with Gasteiger partial charge in [-0.05, 0) is 25.7 Å². The summed E-state index contributed by atoms with van der Waals surface area (Å²) in [6, 6.07) is 0.558. The molecule has 1 N–H and O–H groups in total. The first-order chi connectivity index (χ1) is 7.33. The minimum Gasteiger partial charge on any atom is -0.351 e. The van der Waals surface area contributed by atoms with Crippen molar-refractivity contribution in [3.8, 4) is 0 Å². The molecule has 0 aliphatic heterocycles. The normalized spacial score (nSPS) is 19.9. The van der Waals surface area contributed by atoms with Gasteiger partial charge in [-0.15, -0.1) is 0 Å². The highest BCUT2D eigenvalue weighted by atomic mass is 16.1. The summed E-state index contributed by atoms with van der Waals surface area (Å²) >= 11 is 0. The Kier molecular flexibility index (Phi) is 1.94. The van der Waals surface area contributed by atoms with Crippen LogP contribution in [0.25, 0.3) is 0 Å². The lowest BCUT2D eigenvalue weighted by atomic mass is 9.96. The van der Waals surface area contributed by atoms with Gasteiger partial charge in [0.25, 0.3) is 0 Å². The Bertz CT molecular complexity index is 412. The van der Waals surface area contributed by atoms with E-state index in [0.29, 0.717) is 18.4 Å². The third-order valence-corrected chi connectivity index (χ3v) is 2.90. The average molecular weight is 203 g/mol. The van der Waals surface area contributed by atoms with Crippen molar-refractivity contribution < 1.29 is 4.79 Å². The van der Waals surface area contributed by atoms with Gasteiger partial charge in [0.15, 0.2) is 5.78 Å². The zero-order chi connectivity index (χ0) is 10.3. The van der Waals surface area contributed by atoms with Gasteiger partial charge in [0.2, 0.25) is 5.95 Å². The third-order valence-electron chi connectivity index (χ3n) is 2.90. The molecule has 0 amide bonds. The molecular formula is C11H13N3O. The van der Waals surface area contributed by atoms with E-state index in [-0.39, 0.29) is 5.78 Å². The molecule has 78 valence electrons. The number of aromatic nitrogens is 2. The molecule has 0 atom stereocenters. The topological polar surface area (TPSA) is 54.9 Å². The molecule has 4 heteroatoms. The van der Waals surface area contributed by atoms with Crippen molar-refractivity contribution in [2.24, 2.45) is 0 Å². The van der Waals surface area contributed by atoms with Gasteiger partial charge in [-0.2, -0.15) is 0 Å². The summed E-state index contributed by atoms with van der Waals surface area (Å²) in [5.41, 5.74) is 1.65. The molecule has 1 heterocycles. The fraction of sp³-hybridized carbons (Fsp3) is 0.545. The number of ketones is 1. The summed E-state index contributed by atoms with van der Waals surface area (Å²) in [7, 11) is 0. The fourth-order valence-corrected chi connectivity index (χ4v) is 1.87. The lowest BCUT2D eigenvalue weighted by Crippen LogP contribution is -2.15. The van der Waals surface area contributed by atoms with Gasteiger partial charge in [-0.1, -0.05) is 0 Å². The number of carbonyl (C=O) groups excluding carboxylic acids is 1. The summed E-state index contributed by atoms with van der Waals surface area (Å²) in [5, 5.41) is 3.25. The lowest BCUT2D eigenvalue weighted by molar-refractivity contribution is 0.0971. The number of aryl methyl sites for hydroxylation is 1. The number of anilines is 1. The zero-order valence-corrected chi connectivity index (χ0v) is 8.49. The van der Waals surface area contributed by atoms with E-state index < -0.39 is 0 Å². The number of rotatable bonds is 2. The fourth-order valence-electron chi connectivity index (χ4n) is 1.87. The molecule has 2 aliphatic carbocycles.